The highest BCUT2D eigenvalue weighted by Crippen LogP contribution is 2.24. The van der Waals surface area contributed by atoms with Gasteiger partial charge in [-0.3, -0.25) is 0 Å². The predicted octanol–water partition coefficient (Wildman–Crippen LogP) is 1.98. The Morgan fingerprint density at radius 2 is 1.86 bits per heavy atom. The van der Waals surface area contributed by atoms with Crippen molar-refractivity contribution in [1.29, 1.82) is 0 Å². The first kappa shape index (κ1) is 13.2. The van der Waals surface area contributed by atoms with Crippen LogP contribution in [0, 0.1) is 10.7 Å². The van der Waals surface area contributed by atoms with Crippen molar-refractivity contribution in [2.45, 2.75) is 0 Å². The summed E-state index contributed by atoms with van der Waals surface area (Å²) in [5.41, 5.74) is 0.703. The first-order valence-electron chi connectivity index (χ1n) is 3.88. The molecule has 0 saturated heterocycles. The topological polar surface area (TPSA) is 26.3 Å². The van der Waals surface area contributed by atoms with Crippen molar-refractivity contribution in [1.82, 2.24) is 0 Å². The molecule has 2 nitrogen and oxygen atoms in total. The summed E-state index contributed by atoms with van der Waals surface area (Å²) in [7, 11) is 0.882. The van der Waals surface area contributed by atoms with Crippen molar-refractivity contribution in [2.75, 3.05) is 6.23 Å². The number of carbonyl (C=O) groups is 1. The van der Waals surface area contributed by atoms with Crippen LogP contribution < -0.4 is 0 Å². The van der Waals surface area contributed by atoms with Crippen molar-refractivity contribution in [3.63, 3.8) is 0 Å². The summed E-state index contributed by atoms with van der Waals surface area (Å²) in [5, 5.41) is 0. The van der Waals surface area contributed by atoms with Gasteiger partial charge in [-0.05, 0) is 79.9 Å². The van der Waals surface area contributed by atoms with Crippen LogP contribution in [0.3, 0.4) is 0 Å². The summed E-state index contributed by atoms with van der Waals surface area (Å²) in [6.07, 6.45) is 0.552. The quantitative estimate of drug-likeness (QED) is 0.247. The van der Waals surface area contributed by atoms with E-state index in [1.807, 2.05) is 12.1 Å². The molecule has 0 fully saturated rings. The van der Waals surface area contributed by atoms with Gasteiger partial charge >= 0.3 is 5.97 Å². The van der Waals surface area contributed by atoms with Crippen molar-refractivity contribution in [3.8, 4) is 0 Å². The normalized spacial score (nSPS) is 10.2. The molecule has 14 heavy (non-hydrogen) atoms. The Labute approximate surface area is 126 Å². The van der Waals surface area contributed by atoms with Gasteiger partial charge in [0.1, 0.15) is 0 Å². The number of hydrogen-bond acceptors (Lipinski definition) is 2. The maximum Gasteiger partial charge on any atom is 0.339 e. The maximum absolute atomic E-state index is 11.6. The van der Waals surface area contributed by atoms with Crippen LogP contribution in [-0.4, -0.2) is 22.4 Å². The van der Waals surface area contributed by atoms with Gasteiger partial charge < -0.3 is 4.74 Å². The smallest absolute Gasteiger partial charge is 0.339 e. The Kier molecular flexibility index (Phi) is 5.63. The minimum atomic E-state index is -0.202. The van der Waals surface area contributed by atoms with Gasteiger partial charge in [0.25, 0.3) is 0 Å². The summed E-state index contributed by atoms with van der Waals surface area (Å²) in [6.45, 7) is 0. The number of halogens is 3. The van der Waals surface area contributed by atoms with Gasteiger partial charge in [0.2, 0.25) is 0 Å². The van der Waals surface area contributed by atoms with E-state index in [9.17, 15) is 4.79 Å². The average Bonchev–Trinajstić information content (AvgIpc) is 2.13. The lowest BCUT2D eigenvalue weighted by atomic mass is 10.2. The molecule has 0 radical (unpaired) electrons. The molecule has 1 aromatic rings. The van der Waals surface area contributed by atoms with Crippen LogP contribution >= 0.6 is 67.8 Å². The second-order valence-electron chi connectivity index (χ2n) is 2.44. The van der Waals surface area contributed by atoms with Crippen LogP contribution in [0.1, 0.15) is 10.4 Å². The second kappa shape index (κ2) is 5.99. The molecule has 0 atom stereocenters. The van der Waals surface area contributed by atoms with E-state index in [0.717, 1.165) is 21.0 Å². The summed E-state index contributed by atoms with van der Waals surface area (Å²) in [4.78, 5) is 11.6. The lowest BCUT2D eigenvalue weighted by Crippen LogP contribution is -2.11. The fourth-order valence-corrected chi connectivity index (χ4v) is 3.51. The third kappa shape index (κ3) is 3.04. The molecule has 0 spiro atoms. The van der Waals surface area contributed by atoms with E-state index in [2.05, 4.69) is 67.8 Å². The van der Waals surface area contributed by atoms with E-state index in [4.69, 9.17) is 4.74 Å². The summed E-state index contributed by atoms with van der Waals surface area (Å²) in [5.74, 6) is -0.202. The van der Waals surface area contributed by atoms with Gasteiger partial charge in [0, 0.05) is 10.7 Å². The Morgan fingerprint density at radius 1 is 1.29 bits per heavy atom. The van der Waals surface area contributed by atoms with Crippen LogP contribution in [0.25, 0.3) is 0 Å². The van der Waals surface area contributed by atoms with Crippen LogP contribution in [0.5, 0.6) is 0 Å². The summed E-state index contributed by atoms with van der Waals surface area (Å²) in [6, 6.07) is 3.94. The Morgan fingerprint density at radius 3 is 2.43 bits per heavy atom. The van der Waals surface area contributed by atoms with Gasteiger partial charge in [0.15, 0.2) is 0 Å². The zero-order chi connectivity index (χ0) is 10.7. The number of rotatable bonds is 2. The molecule has 1 rings (SSSR count). The van der Waals surface area contributed by atoms with E-state index in [-0.39, 0.29) is 5.97 Å². The van der Waals surface area contributed by atoms with Crippen LogP contribution in [0.4, 0.5) is 0 Å². The fourth-order valence-electron chi connectivity index (χ4n) is 0.917. The van der Waals surface area contributed by atoms with Gasteiger partial charge in [-0.1, -0.05) is 0 Å². The van der Waals surface area contributed by atoms with Crippen LogP contribution in [-0.2, 0) is 4.74 Å². The fraction of sp³-hybridized carbons (Fsp3) is 0.125. The third-order valence-electron chi connectivity index (χ3n) is 1.52. The minimum absolute atomic E-state index is 0.202. The zero-order valence-electron chi connectivity index (χ0n) is 7.31. The average molecular weight is 544 g/mol. The Bertz CT molecular complexity index is 368. The number of ether oxygens (including phenoxy) is 1. The molecular formula is C8H7I3O2Si. The van der Waals surface area contributed by atoms with Crippen molar-refractivity contribution in [3.05, 3.63) is 28.4 Å². The molecule has 0 aliphatic heterocycles. The molecule has 0 aromatic heterocycles. The van der Waals surface area contributed by atoms with E-state index in [1.165, 1.54) is 0 Å². The minimum Gasteiger partial charge on any atom is -0.467 e. The molecule has 1 aromatic carbocycles. The molecule has 0 N–H and O–H groups in total. The highest BCUT2D eigenvalue weighted by atomic mass is 127. The number of benzene rings is 1. The Hall–Kier alpha value is 1.10. The van der Waals surface area contributed by atoms with E-state index >= 15 is 0 Å². The molecule has 0 unspecified atom stereocenters. The molecular weight excluding hydrogens is 537 g/mol. The number of esters is 1. The molecule has 6 heteroatoms. The standard InChI is InChI=1S/C8H7I3O2Si/c9-4-1-2-5(10)7(11)6(4)8(12)13-3-14/h1-2H,3H2,14H3. The maximum atomic E-state index is 11.6. The van der Waals surface area contributed by atoms with E-state index in [1.54, 1.807) is 0 Å². The van der Waals surface area contributed by atoms with Crippen LogP contribution in [0.15, 0.2) is 12.1 Å². The molecule has 0 amide bonds. The van der Waals surface area contributed by atoms with Gasteiger partial charge in [0.05, 0.1) is 22.0 Å². The van der Waals surface area contributed by atoms with Crippen molar-refractivity contribution < 1.29 is 9.53 Å². The second-order valence-corrected chi connectivity index (χ2v) is 6.42. The lowest BCUT2D eigenvalue weighted by molar-refractivity contribution is 0.0571. The highest BCUT2D eigenvalue weighted by molar-refractivity contribution is 14.1. The largest absolute Gasteiger partial charge is 0.467 e. The Balaban J connectivity index is 3.18. The molecule has 0 bridgehead atoms. The van der Waals surface area contributed by atoms with E-state index in [0.29, 0.717) is 11.8 Å². The van der Waals surface area contributed by atoms with Gasteiger partial charge in [-0.25, -0.2) is 4.79 Å². The SMILES string of the molecule is O=C(OC[SiH3])c1c(I)ccc(I)c1I. The number of carbonyl (C=O) groups excluding carboxylic acids is 1. The zero-order valence-corrected chi connectivity index (χ0v) is 15.8. The monoisotopic (exact) mass is 544 g/mol. The van der Waals surface area contributed by atoms with Gasteiger partial charge in [-0.2, -0.15) is 0 Å². The van der Waals surface area contributed by atoms with Crippen molar-refractivity contribution >= 4 is 84.0 Å². The summed E-state index contributed by atoms with van der Waals surface area (Å²) < 4.78 is 8.07. The molecule has 0 aliphatic rings. The first-order chi connectivity index (χ1) is 6.57. The summed E-state index contributed by atoms with van der Waals surface area (Å²) >= 11 is 6.56. The number of hydrogen-bond donors (Lipinski definition) is 0. The molecule has 0 aliphatic carbocycles. The third-order valence-corrected chi connectivity index (χ3v) is 5.76. The van der Waals surface area contributed by atoms with E-state index < -0.39 is 0 Å². The lowest BCUT2D eigenvalue weighted by Gasteiger charge is -2.07. The molecule has 0 heterocycles. The van der Waals surface area contributed by atoms with Crippen LogP contribution in [0.2, 0.25) is 0 Å². The highest BCUT2D eigenvalue weighted by Gasteiger charge is 2.16. The molecule has 0 saturated carbocycles. The van der Waals surface area contributed by atoms with Crippen molar-refractivity contribution in [2.24, 2.45) is 0 Å². The van der Waals surface area contributed by atoms with Gasteiger partial charge in [-0.15, -0.1) is 0 Å². The molecule has 76 valence electrons. The first-order valence-corrected chi connectivity index (χ1v) is 8.53. The predicted molar refractivity (Wildman–Crippen MR) is 84.8 cm³/mol.